The monoisotopic (exact) mass is 395 g/mol. The Balaban J connectivity index is 1.52. The van der Waals surface area contributed by atoms with E-state index in [1.54, 1.807) is 7.11 Å². The Morgan fingerprint density at radius 2 is 0.967 bits per heavy atom. The van der Waals surface area contributed by atoms with Crippen molar-refractivity contribution < 1.29 is 9.47 Å². The first-order valence-electron chi connectivity index (χ1n) is 10.0. The molecule has 0 amide bonds. The molecule has 0 aliphatic rings. The molecule has 30 heavy (non-hydrogen) atoms. The van der Waals surface area contributed by atoms with Crippen LogP contribution >= 0.6 is 0 Å². The molecule has 0 unspecified atom stereocenters. The van der Waals surface area contributed by atoms with Crippen LogP contribution in [0.1, 0.15) is 11.1 Å². The van der Waals surface area contributed by atoms with Crippen molar-refractivity contribution in [1.29, 1.82) is 0 Å². The van der Waals surface area contributed by atoms with Gasteiger partial charge in [0, 0.05) is 18.8 Å². The molecule has 0 aromatic heterocycles. The SMILES string of the molecule is COc1ccc(Oc2ccc(N(Cc3ccccc3)Cc3ccccc3)cc2)cc1. The number of benzene rings is 4. The molecular formula is C27H25NO2. The summed E-state index contributed by atoms with van der Waals surface area (Å²) in [6.07, 6.45) is 0. The molecule has 150 valence electrons. The number of anilines is 1. The molecule has 0 heterocycles. The van der Waals surface area contributed by atoms with Gasteiger partial charge in [0.1, 0.15) is 17.2 Å². The Kier molecular flexibility index (Phi) is 6.31. The first-order chi connectivity index (χ1) is 14.8. The largest absolute Gasteiger partial charge is 0.497 e. The van der Waals surface area contributed by atoms with Gasteiger partial charge >= 0.3 is 0 Å². The van der Waals surface area contributed by atoms with Gasteiger partial charge in [-0.25, -0.2) is 0 Å². The van der Waals surface area contributed by atoms with E-state index in [1.807, 2.05) is 36.4 Å². The zero-order valence-corrected chi connectivity index (χ0v) is 17.1. The first-order valence-corrected chi connectivity index (χ1v) is 10.0. The highest BCUT2D eigenvalue weighted by Gasteiger charge is 2.09. The smallest absolute Gasteiger partial charge is 0.127 e. The zero-order valence-electron chi connectivity index (χ0n) is 17.1. The van der Waals surface area contributed by atoms with Gasteiger partial charge in [0.05, 0.1) is 7.11 Å². The fourth-order valence-corrected chi connectivity index (χ4v) is 3.35. The van der Waals surface area contributed by atoms with Crippen LogP contribution in [-0.4, -0.2) is 7.11 Å². The number of hydrogen-bond donors (Lipinski definition) is 0. The van der Waals surface area contributed by atoms with Crippen molar-refractivity contribution in [3.63, 3.8) is 0 Å². The third-order valence-corrected chi connectivity index (χ3v) is 4.93. The molecule has 0 aliphatic heterocycles. The van der Waals surface area contributed by atoms with Crippen LogP contribution in [0.4, 0.5) is 5.69 Å². The zero-order chi connectivity index (χ0) is 20.6. The number of hydrogen-bond acceptors (Lipinski definition) is 3. The molecule has 3 heteroatoms. The predicted octanol–water partition coefficient (Wildman–Crippen LogP) is 6.69. The van der Waals surface area contributed by atoms with Gasteiger partial charge in [0.15, 0.2) is 0 Å². The molecule has 0 saturated heterocycles. The van der Waals surface area contributed by atoms with Crippen molar-refractivity contribution in [2.75, 3.05) is 12.0 Å². The van der Waals surface area contributed by atoms with Gasteiger partial charge in [-0.15, -0.1) is 0 Å². The summed E-state index contributed by atoms with van der Waals surface area (Å²) in [5.41, 5.74) is 3.73. The highest BCUT2D eigenvalue weighted by atomic mass is 16.5. The average Bonchev–Trinajstić information content (AvgIpc) is 2.81. The predicted molar refractivity (Wildman–Crippen MR) is 122 cm³/mol. The molecule has 0 spiro atoms. The van der Waals surface area contributed by atoms with Crippen LogP contribution < -0.4 is 14.4 Å². The van der Waals surface area contributed by atoms with E-state index in [1.165, 1.54) is 11.1 Å². The van der Waals surface area contributed by atoms with Gasteiger partial charge < -0.3 is 14.4 Å². The van der Waals surface area contributed by atoms with Crippen LogP contribution in [0, 0.1) is 0 Å². The Morgan fingerprint density at radius 3 is 1.43 bits per heavy atom. The lowest BCUT2D eigenvalue weighted by Crippen LogP contribution is -2.22. The van der Waals surface area contributed by atoms with Crippen molar-refractivity contribution in [2.45, 2.75) is 13.1 Å². The van der Waals surface area contributed by atoms with Crippen LogP contribution in [0.2, 0.25) is 0 Å². The van der Waals surface area contributed by atoms with Crippen molar-refractivity contribution in [2.24, 2.45) is 0 Å². The highest BCUT2D eigenvalue weighted by molar-refractivity contribution is 5.51. The molecule has 3 nitrogen and oxygen atoms in total. The van der Waals surface area contributed by atoms with Crippen LogP contribution in [-0.2, 0) is 13.1 Å². The average molecular weight is 396 g/mol. The number of rotatable bonds is 8. The van der Waals surface area contributed by atoms with Gasteiger partial charge in [-0.2, -0.15) is 0 Å². The standard InChI is InChI=1S/C27H25NO2/c1-29-25-16-18-27(19-17-25)30-26-14-12-24(13-15-26)28(20-22-8-4-2-5-9-22)21-23-10-6-3-7-11-23/h2-19H,20-21H2,1H3. The van der Waals surface area contributed by atoms with Crippen LogP contribution in [0.15, 0.2) is 109 Å². The van der Waals surface area contributed by atoms with E-state index in [9.17, 15) is 0 Å². The second-order valence-electron chi connectivity index (χ2n) is 7.10. The Morgan fingerprint density at radius 1 is 0.533 bits per heavy atom. The maximum absolute atomic E-state index is 5.98. The molecule has 0 atom stereocenters. The van der Waals surface area contributed by atoms with Crippen molar-refractivity contribution >= 4 is 5.69 Å². The molecule has 4 aromatic rings. The number of nitrogens with zero attached hydrogens (tertiary/aromatic N) is 1. The van der Waals surface area contributed by atoms with Gasteiger partial charge in [0.25, 0.3) is 0 Å². The van der Waals surface area contributed by atoms with Crippen molar-refractivity contribution in [3.8, 4) is 17.2 Å². The van der Waals surface area contributed by atoms with E-state index in [0.717, 1.165) is 36.0 Å². The summed E-state index contributed by atoms with van der Waals surface area (Å²) in [5, 5.41) is 0. The molecular weight excluding hydrogens is 370 g/mol. The summed E-state index contributed by atoms with van der Waals surface area (Å²) in [6.45, 7) is 1.68. The minimum absolute atomic E-state index is 0.786. The number of methoxy groups -OCH3 is 1. The second-order valence-corrected chi connectivity index (χ2v) is 7.10. The first kappa shape index (κ1) is 19.6. The van der Waals surface area contributed by atoms with E-state index < -0.39 is 0 Å². The minimum atomic E-state index is 0.786. The van der Waals surface area contributed by atoms with E-state index in [-0.39, 0.29) is 0 Å². The molecule has 4 rings (SSSR count). The summed E-state index contributed by atoms with van der Waals surface area (Å²) in [5.74, 6) is 2.41. The van der Waals surface area contributed by atoms with Crippen LogP contribution in [0.25, 0.3) is 0 Å². The quantitative estimate of drug-likeness (QED) is 0.331. The number of ether oxygens (including phenoxy) is 2. The lowest BCUT2D eigenvalue weighted by atomic mass is 10.1. The normalized spacial score (nSPS) is 10.4. The lowest BCUT2D eigenvalue weighted by Gasteiger charge is -2.25. The maximum atomic E-state index is 5.98. The topological polar surface area (TPSA) is 21.7 Å². The fourth-order valence-electron chi connectivity index (χ4n) is 3.35. The lowest BCUT2D eigenvalue weighted by molar-refractivity contribution is 0.413. The molecule has 0 bridgehead atoms. The van der Waals surface area contributed by atoms with Crippen molar-refractivity contribution in [1.82, 2.24) is 0 Å². The highest BCUT2D eigenvalue weighted by Crippen LogP contribution is 2.27. The third-order valence-electron chi connectivity index (χ3n) is 4.93. The van der Waals surface area contributed by atoms with Crippen molar-refractivity contribution in [3.05, 3.63) is 120 Å². The summed E-state index contributed by atoms with van der Waals surface area (Å²) in [4.78, 5) is 2.38. The molecule has 4 aromatic carbocycles. The van der Waals surface area contributed by atoms with E-state index in [2.05, 4.69) is 77.7 Å². The van der Waals surface area contributed by atoms with E-state index >= 15 is 0 Å². The summed E-state index contributed by atoms with van der Waals surface area (Å²) in [6, 6.07) is 37.0. The van der Waals surface area contributed by atoms with E-state index in [0.29, 0.717) is 0 Å². The second kappa shape index (κ2) is 9.66. The fraction of sp³-hybridized carbons (Fsp3) is 0.111. The van der Waals surface area contributed by atoms with Crippen LogP contribution in [0.5, 0.6) is 17.2 Å². The summed E-state index contributed by atoms with van der Waals surface area (Å²) >= 11 is 0. The van der Waals surface area contributed by atoms with Gasteiger partial charge in [0.2, 0.25) is 0 Å². The molecule has 0 fully saturated rings. The Bertz CT molecular complexity index is 988. The van der Waals surface area contributed by atoms with Crippen LogP contribution in [0.3, 0.4) is 0 Å². The van der Waals surface area contributed by atoms with Gasteiger partial charge in [-0.05, 0) is 59.7 Å². The van der Waals surface area contributed by atoms with Gasteiger partial charge in [-0.1, -0.05) is 60.7 Å². The summed E-state index contributed by atoms with van der Waals surface area (Å²) < 4.78 is 11.2. The molecule has 0 radical (unpaired) electrons. The van der Waals surface area contributed by atoms with Gasteiger partial charge in [-0.3, -0.25) is 0 Å². The Hall–Kier alpha value is -3.72. The molecule has 0 aliphatic carbocycles. The molecule has 0 saturated carbocycles. The van der Waals surface area contributed by atoms with E-state index in [4.69, 9.17) is 9.47 Å². The summed E-state index contributed by atoms with van der Waals surface area (Å²) in [7, 11) is 1.66. The molecule has 0 N–H and O–H groups in total. The third kappa shape index (κ3) is 5.21. The Labute approximate surface area is 178 Å². The minimum Gasteiger partial charge on any atom is -0.497 e. The maximum Gasteiger partial charge on any atom is 0.127 e.